The van der Waals surface area contributed by atoms with Gasteiger partial charge in [-0.25, -0.2) is 4.79 Å². The summed E-state index contributed by atoms with van der Waals surface area (Å²) in [6.45, 7) is 3.18. The Bertz CT molecular complexity index is 1620. The zero-order valence-electron chi connectivity index (χ0n) is 21.5. The number of aryl methyl sites for hydroxylation is 2. The predicted molar refractivity (Wildman–Crippen MR) is 150 cm³/mol. The Morgan fingerprint density at radius 2 is 1.74 bits per heavy atom. The van der Waals surface area contributed by atoms with Crippen molar-refractivity contribution in [1.29, 1.82) is 0 Å². The molecule has 6 heteroatoms. The zero-order valence-corrected chi connectivity index (χ0v) is 21.5. The topological polar surface area (TPSA) is 74.9 Å². The molecule has 0 fully saturated rings. The second-order valence-corrected chi connectivity index (χ2v) is 9.43. The number of fused-ring (bicyclic) bond motifs is 2. The molecule has 0 aliphatic carbocycles. The van der Waals surface area contributed by atoms with Crippen LogP contribution in [0, 0.1) is 6.92 Å². The molecule has 5 aromatic rings. The van der Waals surface area contributed by atoms with Crippen molar-refractivity contribution in [2.24, 2.45) is 0 Å². The SMILES string of the molecule is CN1CCCc2cc(C(=O)c3ncccc3C(=O)O)ccc21.Cc1c(-c2ccccc2)cn2ccccc12. The first-order valence-corrected chi connectivity index (χ1v) is 12.6. The Balaban J connectivity index is 0.000000162. The van der Waals surface area contributed by atoms with Crippen molar-refractivity contribution < 1.29 is 14.7 Å². The second-order valence-electron chi connectivity index (χ2n) is 9.43. The van der Waals surface area contributed by atoms with Crippen LogP contribution < -0.4 is 4.90 Å². The molecule has 38 heavy (non-hydrogen) atoms. The highest BCUT2D eigenvalue weighted by Gasteiger charge is 2.21. The van der Waals surface area contributed by atoms with E-state index in [2.05, 4.69) is 82.1 Å². The maximum Gasteiger partial charge on any atom is 0.338 e. The number of hydrogen-bond acceptors (Lipinski definition) is 4. The van der Waals surface area contributed by atoms with Crippen molar-refractivity contribution in [2.75, 3.05) is 18.5 Å². The van der Waals surface area contributed by atoms with Gasteiger partial charge < -0.3 is 14.4 Å². The molecule has 1 N–H and O–H groups in total. The molecular formula is C32H29N3O3. The van der Waals surface area contributed by atoms with E-state index < -0.39 is 5.97 Å². The van der Waals surface area contributed by atoms with Gasteiger partial charge in [0.05, 0.1) is 5.56 Å². The maximum absolute atomic E-state index is 12.6. The fourth-order valence-corrected chi connectivity index (χ4v) is 4.99. The van der Waals surface area contributed by atoms with Gasteiger partial charge in [-0.3, -0.25) is 9.78 Å². The van der Waals surface area contributed by atoms with Gasteiger partial charge in [0.15, 0.2) is 0 Å². The summed E-state index contributed by atoms with van der Waals surface area (Å²) in [7, 11) is 2.03. The largest absolute Gasteiger partial charge is 0.478 e. The molecule has 0 atom stereocenters. The van der Waals surface area contributed by atoms with Gasteiger partial charge in [0, 0.05) is 54.5 Å². The lowest BCUT2D eigenvalue weighted by atomic mass is 9.96. The molecule has 190 valence electrons. The number of benzene rings is 2. The summed E-state index contributed by atoms with van der Waals surface area (Å²) in [6, 6.07) is 25.2. The lowest BCUT2D eigenvalue weighted by molar-refractivity contribution is 0.0692. The number of rotatable bonds is 4. The predicted octanol–water partition coefficient (Wildman–Crippen LogP) is 6.31. The number of pyridine rings is 2. The van der Waals surface area contributed by atoms with Crippen LogP contribution in [0.25, 0.3) is 16.6 Å². The first kappa shape index (κ1) is 25.0. The van der Waals surface area contributed by atoms with Gasteiger partial charge in [0.25, 0.3) is 0 Å². The minimum Gasteiger partial charge on any atom is -0.478 e. The van der Waals surface area contributed by atoms with Crippen LogP contribution in [0.3, 0.4) is 0 Å². The number of nitrogens with zero attached hydrogens (tertiary/aromatic N) is 3. The van der Waals surface area contributed by atoms with Gasteiger partial charge in [-0.05, 0) is 78.9 Å². The van der Waals surface area contributed by atoms with E-state index in [4.69, 9.17) is 0 Å². The van der Waals surface area contributed by atoms with Crippen molar-refractivity contribution in [2.45, 2.75) is 19.8 Å². The van der Waals surface area contributed by atoms with E-state index in [0.717, 1.165) is 30.6 Å². The van der Waals surface area contributed by atoms with Gasteiger partial charge in [0.1, 0.15) is 5.69 Å². The summed E-state index contributed by atoms with van der Waals surface area (Å²) in [4.78, 5) is 30.0. The molecule has 6 nitrogen and oxygen atoms in total. The normalized spacial score (nSPS) is 12.4. The number of carbonyl (C=O) groups is 2. The fourth-order valence-electron chi connectivity index (χ4n) is 4.99. The number of carboxylic acid groups (broad SMARTS) is 1. The molecule has 0 saturated carbocycles. The lowest BCUT2D eigenvalue weighted by Crippen LogP contribution is -2.25. The average molecular weight is 504 g/mol. The van der Waals surface area contributed by atoms with Crippen molar-refractivity contribution in [1.82, 2.24) is 9.38 Å². The van der Waals surface area contributed by atoms with Crippen molar-refractivity contribution >= 4 is 23.0 Å². The van der Waals surface area contributed by atoms with Crippen LogP contribution in [0.1, 0.15) is 44.0 Å². The summed E-state index contributed by atoms with van der Waals surface area (Å²) in [6.07, 6.45) is 7.69. The fraction of sp³-hybridized carbons (Fsp3) is 0.156. The molecule has 0 radical (unpaired) electrons. The minimum absolute atomic E-state index is 0.0147. The van der Waals surface area contributed by atoms with Crippen LogP contribution in [-0.2, 0) is 6.42 Å². The highest BCUT2D eigenvalue weighted by atomic mass is 16.4. The zero-order chi connectivity index (χ0) is 26.6. The van der Waals surface area contributed by atoms with Crippen molar-refractivity contribution in [3.05, 3.63) is 125 Å². The highest BCUT2D eigenvalue weighted by molar-refractivity contribution is 6.13. The molecule has 1 aliphatic rings. The van der Waals surface area contributed by atoms with Crippen LogP contribution in [0.5, 0.6) is 0 Å². The molecule has 0 bridgehead atoms. The van der Waals surface area contributed by atoms with Gasteiger partial charge in [0.2, 0.25) is 5.78 Å². The summed E-state index contributed by atoms with van der Waals surface area (Å²) >= 11 is 0. The molecule has 4 heterocycles. The van der Waals surface area contributed by atoms with Gasteiger partial charge in [-0.1, -0.05) is 36.4 Å². The molecule has 6 rings (SSSR count). The van der Waals surface area contributed by atoms with Crippen molar-refractivity contribution in [3.63, 3.8) is 0 Å². The minimum atomic E-state index is -1.14. The Hall–Kier alpha value is -4.71. The summed E-state index contributed by atoms with van der Waals surface area (Å²) in [5, 5.41) is 9.19. The maximum atomic E-state index is 12.6. The molecule has 0 spiro atoms. The van der Waals surface area contributed by atoms with Crippen LogP contribution in [0.15, 0.2) is 97.5 Å². The van der Waals surface area contributed by atoms with Crippen LogP contribution >= 0.6 is 0 Å². The van der Waals surface area contributed by atoms with E-state index in [0.29, 0.717) is 5.56 Å². The monoisotopic (exact) mass is 503 g/mol. The summed E-state index contributed by atoms with van der Waals surface area (Å²) in [5.41, 5.74) is 7.86. The summed E-state index contributed by atoms with van der Waals surface area (Å²) in [5.74, 6) is -1.50. The number of aromatic carboxylic acids is 1. The third kappa shape index (κ3) is 4.93. The molecule has 0 saturated heterocycles. The highest BCUT2D eigenvalue weighted by Crippen LogP contribution is 2.29. The molecular weight excluding hydrogens is 474 g/mol. The van der Waals surface area contributed by atoms with Crippen LogP contribution in [0.2, 0.25) is 0 Å². The second kappa shape index (κ2) is 10.7. The Morgan fingerprint density at radius 1 is 0.947 bits per heavy atom. The number of aromatic nitrogens is 2. The third-order valence-corrected chi connectivity index (χ3v) is 6.98. The molecule has 3 aromatic heterocycles. The van der Waals surface area contributed by atoms with E-state index in [1.165, 1.54) is 40.5 Å². The number of ketones is 1. The molecule has 2 aromatic carbocycles. The first-order chi connectivity index (χ1) is 18.4. The van der Waals surface area contributed by atoms with Gasteiger partial charge >= 0.3 is 5.97 Å². The molecule has 0 amide bonds. The first-order valence-electron chi connectivity index (χ1n) is 12.6. The Labute approximate surface area is 221 Å². The number of hydrogen-bond donors (Lipinski definition) is 1. The van der Waals surface area contributed by atoms with E-state index >= 15 is 0 Å². The van der Waals surface area contributed by atoms with Gasteiger partial charge in [-0.15, -0.1) is 0 Å². The average Bonchev–Trinajstić information content (AvgIpc) is 3.30. The molecule has 1 aliphatic heterocycles. The number of anilines is 1. The van der Waals surface area contributed by atoms with E-state index in [1.54, 1.807) is 6.07 Å². The lowest BCUT2D eigenvalue weighted by Gasteiger charge is -2.27. The van der Waals surface area contributed by atoms with Crippen LogP contribution in [0.4, 0.5) is 5.69 Å². The Kier molecular flexibility index (Phi) is 7.05. The van der Waals surface area contributed by atoms with E-state index in [9.17, 15) is 14.7 Å². The van der Waals surface area contributed by atoms with E-state index in [1.807, 2.05) is 19.2 Å². The summed E-state index contributed by atoms with van der Waals surface area (Å²) < 4.78 is 2.18. The van der Waals surface area contributed by atoms with E-state index in [-0.39, 0.29) is 17.0 Å². The Morgan fingerprint density at radius 3 is 2.50 bits per heavy atom. The number of carbonyl (C=O) groups excluding carboxylic acids is 1. The van der Waals surface area contributed by atoms with Crippen LogP contribution in [-0.4, -0.2) is 39.8 Å². The van der Waals surface area contributed by atoms with Gasteiger partial charge in [-0.2, -0.15) is 0 Å². The number of carboxylic acids is 1. The quantitative estimate of drug-likeness (QED) is 0.291. The van der Waals surface area contributed by atoms with Crippen molar-refractivity contribution in [3.8, 4) is 11.1 Å². The standard InChI is InChI=1S/C17H16N2O3.C15H13N/c1-19-9-3-4-11-10-12(6-7-14(11)19)16(20)15-13(17(21)22)5-2-8-18-15;1-12-14(13-7-3-2-4-8-13)11-16-10-6-5-9-15(12)16/h2,5-8,10H,3-4,9H2,1H3,(H,21,22);2-11H,1H3. The molecule has 0 unspecified atom stereocenters. The smallest absolute Gasteiger partial charge is 0.338 e. The third-order valence-electron chi connectivity index (χ3n) is 6.98.